The molecule has 0 saturated carbocycles. The van der Waals surface area contributed by atoms with E-state index in [0.717, 1.165) is 43.7 Å². The molecule has 5 rings (SSSR count). The van der Waals surface area contributed by atoms with E-state index < -0.39 is 0 Å². The average molecular weight is 396 g/mol. The molecule has 1 unspecified atom stereocenters. The zero-order chi connectivity index (χ0) is 18.5. The van der Waals surface area contributed by atoms with Crippen LogP contribution in [0.1, 0.15) is 29.2 Å². The molecule has 4 heterocycles. The lowest BCUT2D eigenvalue weighted by atomic mass is 9.87. The first-order valence-electron chi connectivity index (χ1n) is 8.50. The van der Waals surface area contributed by atoms with Crippen LogP contribution in [0.5, 0.6) is 5.75 Å². The molecule has 0 fully saturated rings. The second kappa shape index (κ2) is 6.17. The summed E-state index contributed by atoms with van der Waals surface area (Å²) in [4.78, 5) is 17.1. The molecule has 1 aromatic carbocycles. The van der Waals surface area contributed by atoms with Crippen molar-refractivity contribution in [1.82, 2.24) is 14.8 Å². The molecule has 6 nitrogen and oxygen atoms in total. The van der Waals surface area contributed by atoms with Crippen LogP contribution in [0, 0.1) is 6.92 Å². The van der Waals surface area contributed by atoms with Crippen molar-refractivity contribution < 1.29 is 9.53 Å². The van der Waals surface area contributed by atoms with Crippen LogP contribution >= 0.6 is 22.7 Å². The molecule has 0 radical (unpaired) electrons. The number of benzene rings is 1. The summed E-state index contributed by atoms with van der Waals surface area (Å²) in [6.45, 7) is 1.99. The quantitative estimate of drug-likeness (QED) is 0.559. The Morgan fingerprint density at radius 1 is 1.33 bits per heavy atom. The third kappa shape index (κ3) is 2.64. The van der Waals surface area contributed by atoms with Crippen LogP contribution in [0.4, 0.5) is 5.82 Å². The number of thiophene rings is 1. The average Bonchev–Trinajstić information content (AvgIpc) is 3.39. The van der Waals surface area contributed by atoms with Crippen molar-refractivity contribution >= 4 is 44.6 Å². The smallest absolute Gasteiger partial charge is 0.226 e. The van der Waals surface area contributed by atoms with Gasteiger partial charge in [-0.05, 0) is 47.5 Å². The molecule has 136 valence electrons. The van der Waals surface area contributed by atoms with Gasteiger partial charge in [0.25, 0.3) is 0 Å². The number of fused-ring (bicyclic) bond motifs is 2. The van der Waals surface area contributed by atoms with Gasteiger partial charge in [0.2, 0.25) is 11.0 Å². The number of aryl methyl sites for hydroxylation is 1. The van der Waals surface area contributed by atoms with Crippen molar-refractivity contribution in [2.75, 3.05) is 12.4 Å². The topological polar surface area (TPSA) is 69.0 Å². The minimum Gasteiger partial charge on any atom is -0.497 e. The second-order valence-corrected chi connectivity index (χ2v) is 8.24. The summed E-state index contributed by atoms with van der Waals surface area (Å²) in [6.07, 6.45) is 0.438. The van der Waals surface area contributed by atoms with E-state index in [4.69, 9.17) is 14.8 Å². The van der Waals surface area contributed by atoms with Crippen LogP contribution in [0.25, 0.3) is 15.3 Å². The molecule has 0 bridgehead atoms. The maximum absolute atomic E-state index is 12.4. The van der Waals surface area contributed by atoms with Crippen LogP contribution in [0.2, 0.25) is 0 Å². The number of hydrogen-bond donors (Lipinski definition) is 1. The standard InChI is InChI=1S/C19H16N4O2S2/c1-10-17-13(11-5-6-26-9-11)8-16(24)21-18(17)23(22-10)19-20-14-4-3-12(25-2)7-15(14)27-19/h3-7,9,13H,8H2,1-2H3,(H,21,24). The molecule has 0 saturated heterocycles. The number of nitrogens with zero attached hydrogens (tertiary/aromatic N) is 3. The Balaban J connectivity index is 1.67. The lowest BCUT2D eigenvalue weighted by molar-refractivity contribution is -0.116. The van der Waals surface area contributed by atoms with Crippen molar-refractivity contribution in [3.05, 3.63) is 51.8 Å². The summed E-state index contributed by atoms with van der Waals surface area (Å²) in [5.74, 6) is 1.55. The van der Waals surface area contributed by atoms with E-state index in [-0.39, 0.29) is 11.8 Å². The molecule has 4 aromatic rings. The van der Waals surface area contributed by atoms with Crippen molar-refractivity contribution in [2.24, 2.45) is 0 Å². The van der Waals surface area contributed by atoms with Crippen molar-refractivity contribution in [2.45, 2.75) is 19.3 Å². The highest BCUT2D eigenvalue weighted by molar-refractivity contribution is 7.20. The molecule has 0 aliphatic carbocycles. The SMILES string of the molecule is COc1ccc2nc(-n3nc(C)c4c3NC(=O)CC4c3ccsc3)sc2c1. The summed E-state index contributed by atoms with van der Waals surface area (Å²) >= 11 is 3.17. The maximum Gasteiger partial charge on any atom is 0.226 e. The highest BCUT2D eigenvalue weighted by Crippen LogP contribution is 2.41. The van der Waals surface area contributed by atoms with E-state index in [1.54, 1.807) is 23.1 Å². The van der Waals surface area contributed by atoms with E-state index in [9.17, 15) is 4.79 Å². The number of ether oxygens (including phenoxy) is 1. The second-order valence-electron chi connectivity index (χ2n) is 6.45. The summed E-state index contributed by atoms with van der Waals surface area (Å²) in [6, 6.07) is 7.87. The third-order valence-corrected chi connectivity index (χ3v) is 6.51. The van der Waals surface area contributed by atoms with Crippen LogP contribution in [-0.2, 0) is 4.79 Å². The van der Waals surface area contributed by atoms with Crippen LogP contribution in [-0.4, -0.2) is 27.8 Å². The van der Waals surface area contributed by atoms with Gasteiger partial charge < -0.3 is 10.1 Å². The molecule has 0 spiro atoms. The number of anilines is 1. The predicted octanol–water partition coefficient (Wildman–Crippen LogP) is 4.33. The fourth-order valence-corrected chi connectivity index (χ4v) is 5.22. The maximum atomic E-state index is 12.4. The number of rotatable bonds is 3. The van der Waals surface area contributed by atoms with Gasteiger partial charge in [-0.2, -0.15) is 21.1 Å². The molecule has 1 aliphatic rings. The molecular weight excluding hydrogens is 380 g/mol. The van der Waals surface area contributed by atoms with Crippen LogP contribution < -0.4 is 10.1 Å². The van der Waals surface area contributed by atoms with Gasteiger partial charge in [-0.1, -0.05) is 11.3 Å². The minimum absolute atomic E-state index is 0.00244. The largest absolute Gasteiger partial charge is 0.497 e. The summed E-state index contributed by atoms with van der Waals surface area (Å²) in [5, 5.41) is 12.6. The van der Waals surface area contributed by atoms with Gasteiger partial charge in [-0.15, -0.1) is 0 Å². The number of aromatic nitrogens is 3. The van der Waals surface area contributed by atoms with Crippen molar-refractivity contribution in [3.8, 4) is 10.9 Å². The first-order chi connectivity index (χ1) is 13.1. The fourth-order valence-electron chi connectivity index (χ4n) is 3.55. The Labute approximate surface area is 163 Å². The van der Waals surface area contributed by atoms with Crippen LogP contribution in [0.3, 0.4) is 0 Å². The number of methoxy groups -OCH3 is 1. The zero-order valence-electron chi connectivity index (χ0n) is 14.7. The Morgan fingerprint density at radius 3 is 3.00 bits per heavy atom. The van der Waals surface area contributed by atoms with E-state index in [1.165, 1.54) is 11.3 Å². The van der Waals surface area contributed by atoms with E-state index in [1.807, 2.05) is 30.5 Å². The number of thiazole rings is 1. The number of nitrogens with one attached hydrogen (secondary N) is 1. The third-order valence-electron chi connectivity index (χ3n) is 4.81. The number of hydrogen-bond acceptors (Lipinski definition) is 6. The Kier molecular flexibility index (Phi) is 3.76. The minimum atomic E-state index is 0.00244. The molecule has 1 aliphatic heterocycles. The van der Waals surface area contributed by atoms with Gasteiger partial charge in [0.1, 0.15) is 11.6 Å². The first kappa shape index (κ1) is 16.5. The van der Waals surface area contributed by atoms with E-state index >= 15 is 0 Å². The van der Waals surface area contributed by atoms with E-state index in [0.29, 0.717) is 6.42 Å². The first-order valence-corrected chi connectivity index (χ1v) is 10.3. The van der Waals surface area contributed by atoms with Gasteiger partial charge in [-0.3, -0.25) is 4.79 Å². The number of carbonyl (C=O) groups is 1. The number of amides is 1. The molecule has 1 N–H and O–H groups in total. The number of carbonyl (C=O) groups excluding carboxylic acids is 1. The monoisotopic (exact) mass is 396 g/mol. The normalized spacial score (nSPS) is 16.4. The summed E-state index contributed by atoms with van der Waals surface area (Å²) < 4.78 is 8.08. The van der Waals surface area contributed by atoms with Crippen molar-refractivity contribution in [1.29, 1.82) is 0 Å². The highest BCUT2D eigenvalue weighted by atomic mass is 32.1. The zero-order valence-corrected chi connectivity index (χ0v) is 16.4. The fraction of sp³-hybridized carbons (Fsp3) is 0.211. The molecule has 3 aromatic heterocycles. The van der Waals surface area contributed by atoms with Gasteiger partial charge in [0.15, 0.2) is 0 Å². The molecule has 1 atom stereocenters. The van der Waals surface area contributed by atoms with Gasteiger partial charge in [-0.25, -0.2) is 4.98 Å². The highest BCUT2D eigenvalue weighted by Gasteiger charge is 2.33. The molecule has 1 amide bonds. The molecule has 27 heavy (non-hydrogen) atoms. The summed E-state index contributed by atoms with van der Waals surface area (Å²) in [7, 11) is 1.65. The van der Waals surface area contributed by atoms with Gasteiger partial charge in [0.05, 0.1) is 23.0 Å². The Morgan fingerprint density at radius 2 is 2.22 bits per heavy atom. The lowest BCUT2D eigenvalue weighted by Gasteiger charge is -2.23. The van der Waals surface area contributed by atoms with Gasteiger partial charge in [0, 0.05) is 17.9 Å². The Hall–Kier alpha value is -2.71. The summed E-state index contributed by atoms with van der Waals surface area (Å²) in [5.41, 5.74) is 4.03. The molecular formula is C19H16N4O2S2. The Bertz CT molecular complexity index is 1160. The molecule has 8 heteroatoms. The predicted molar refractivity (Wildman–Crippen MR) is 107 cm³/mol. The van der Waals surface area contributed by atoms with Crippen LogP contribution in [0.15, 0.2) is 35.0 Å². The van der Waals surface area contributed by atoms with Gasteiger partial charge >= 0.3 is 0 Å². The van der Waals surface area contributed by atoms with E-state index in [2.05, 4.69) is 16.8 Å². The van der Waals surface area contributed by atoms with Crippen molar-refractivity contribution in [3.63, 3.8) is 0 Å². The lowest BCUT2D eigenvalue weighted by Crippen LogP contribution is -2.24.